The molecule has 1 fully saturated rings. The van der Waals surface area contributed by atoms with E-state index in [1.54, 1.807) is 0 Å². The van der Waals surface area contributed by atoms with E-state index in [0.717, 1.165) is 6.42 Å². The lowest BCUT2D eigenvalue weighted by molar-refractivity contribution is 0.470. The van der Waals surface area contributed by atoms with Crippen molar-refractivity contribution in [2.75, 3.05) is 11.5 Å². The van der Waals surface area contributed by atoms with Crippen LogP contribution in [-0.4, -0.2) is 23.6 Å². The van der Waals surface area contributed by atoms with E-state index in [-0.39, 0.29) is 5.82 Å². The van der Waals surface area contributed by atoms with Crippen LogP contribution in [0.5, 0.6) is 0 Å². The minimum absolute atomic E-state index is 0.156. The van der Waals surface area contributed by atoms with Gasteiger partial charge in [-0.2, -0.15) is 11.8 Å². The number of hydrogen-bond acceptors (Lipinski definition) is 2. The van der Waals surface area contributed by atoms with Gasteiger partial charge in [0.1, 0.15) is 5.82 Å². The summed E-state index contributed by atoms with van der Waals surface area (Å²) in [5.74, 6) is 2.35. The SMILES string of the molecule is CC(Cc1ccc(F)cc1)NC1CCSC1. The smallest absolute Gasteiger partial charge is 0.123 e. The lowest BCUT2D eigenvalue weighted by Gasteiger charge is -2.18. The maximum atomic E-state index is 12.7. The van der Waals surface area contributed by atoms with Gasteiger partial charge in [-0.25, -0.2) is 4.39 Å². The molecular weight excluding hydrogens is 221 g/mol. The predicted molar refractivity (Wildman–Crippen MR) is 68.4 cm³/mol. The van der Waals surface area contributed by atoms with Gasteiger partial charge < -0.3 is 5.32 Å². The zero-order chi connectivity index (χ0) is 11.4. The van der Waals surface area contributed by atoms with Gasteiger partial charge in [-0.05, 0) is 43.2 Å². The molecule has 2 rings (SSSR count). The van der Waals surface area contributed by atoms with E-state index in [4.69, 9.17) is 0 Å². The number of hydrogen-bond donors (Lipinski definition) is 1. The number of rotatable bonds is 4. The zero-order valence-electron chi connectivity index (χ0n) is 9.58. The molecule has 1 aromatic rings. The van der Waals surface area contributed by atoms with Crippen LogP contribution in [0.4, 0.5) is 4.39 Å². The number of benzene rings is 1. The molecule has 1 aromatic carbocycles. The van der Waals surface area contributed by atoms with E-state index < -0.39 is 0 Å². The van der Waals surface area contributed by atoms with Gasteiger partial charge in [0.05, 0.1) is 0 Å². The Morgan fingerprint density at radius 2 is 2.19 bits per heavy atom. The van der Waals surface area contributed by atoms with Crippen molar-refractivity contribution in [3.63, 3.8) is 0 Å². The molecule has 2 unspecified atom stereocenters. The van der Waals surface area contributed by atoms with Crippen molar-refractivity contribution >= 4 is 11.8 Å². The molecule has 0 aliphatic carbocycles. The summed E-state index contributed by atoms with van der Waals surface area (Å²) < 4.78 is 12.7. The van der Waals surface area contributed by atoms with Crippen LogP contribution in [0.1, 0.15) is 18.9 Å². The zero-order valence-corrected chi connectivity index (χ0v) is 10.4. The first-order valence-electron chi connectivity index (χ1n) is 5.82. The summed E-state index contributed by atoms with van der Waals surface area (Å²) >= 11 is 2.02. The summed E-state index contributed by atoms with van der Waals surface area (Å²) in [6, 6.07) is 7.95. The molecule has 16 heavy (non-hydrogen) atoms. The van der Waals surface area contributed by atoms with Gasteiger partial charge in [-0.3, -0.25) is 0 Å². The van der Waals surface area contributed by atoms with E-state index in [1.165, 1.54) is 35.6 Å². The van der Waals surface area contributed by atoms with Gasteiger partial charge in [0.15, 0.2) is 0 Å². The van der Waals surface area contributed by atoms with Crippen molar-refractivity contribution in [3.8, 4) is 0 Å². The van der Waals surface area contributed by atoms with Crippen molar-refractivity contribution in [2.45, 2.75) is 31.8 Å². The molecule has 1 saturated heterocycles. The molecule has 1 aliphatic heterocycles. The van der Waals surface area contributed by atoms with Crippen molar-refractivity contribution in [1.29, 1.82) is 0 Å². The second kappa shape index (κ2) is 5.69. The summed E-state index contributed by atoms with van der Waals surface area (Å²) in [6.45, 7) is 2.20. The van der Waals surface area contributed by atoms with Crippen molar-refractivity contribution in [1.82, 2.24) is 5.32 Å². The predicted octanol–water partition coefficient (Wildman–Crippen LogP) is 2.85. The summed E-state index contributed by atoms with van der Waals surface area (Å²) in [5, 5.41) is 3.63. The van der Waals surface area contributed by atoms with E-state index in [9.17, 15) is 4.39 Å². The van der Waals surface area contributed by atoms with Crippen molar-refractivity contribution in [3.05, 3.63) is 35.6 Å². The average Bonchev–Trinajstić information content (AvgIpc) is 2.74. The molecule has 3 heteroatoms. The third-order valence-electron chi connectivity index (χ3n) is 2.91. The summed E-state index contributed by atoms with van der Waals surface area (Å²) in [6.07, 6.45) is 2.25. The molecule has 0 spiro atoms. The number of halogens is 1. The van der Waals surface area contributed by atoms with Crippen LogP contribution in [0.3, 0.4) is 0 Å². The molecule has 0 aromatic heterocycles. The Labute approximate surface area is 101 Å². The monoisotopic (exact) mass is 239 g/mol. The van der Waals surface area contributed by atoms with E-state index in [0.29, 0.717) is 12.1 Å². The van der Waals surface area contributed by atoms with Crippen molar-refractivity contribution in [2.24, 2.45) is 0 Å². The Morgan fingerprint density at radius 1 is 1.44 bits per heavy atom. The van der Waals surface area contributed by atoms with E-state index >= 15 is 0 Å². The highest BCUT2D eigenvalue weighted by atomic mass is 32.2. The first-order chi connectivity index (χ1) is 7.74. The average molecular weight is 239 g/mol. The fourth-order valence-electron chi connectivity index (χ4n) is 2.10. The normalized spacial score (nSPS) is 22.2. The maximum absolute atomic E-state index is 12.7. The molecule has 0 radical (unpaired) electrons. The van der Waals surface area contributed by atoms with Gasteiger partial charge >= 0.3 is 0 Å². The Balaban J connectivity index is 1.81. The molecule has 2 atom stereocenters. The summed E-state index contributed by atoms with van der Waals surface area (Å²) in [5.41, 5.74) is 1.20. The highest BCUT2D eigenvalue weighted by molar-refractivity contribution is 7.99. The highest BCUT2D eigenvalue weighted by Gasteiger charge is 2.17. The molecule has 0 bridgehead atoms. The van der Waals surface area contributed by atoms with Crippen LogP contribution >= 0.6 is 11.8 Å². The fourth-order valence-corrected chi connectivity index (χ4v) is 3.27. The van der Waals surface area contributed by atoms with Crippen molar-refractivity contribution < 1.29 is 4.39 Å². The second-order valence-corrected chi connectivity index (χ2v) is 5.61. The summed E-state index contributed by atoms with van der Waals surface area (Å²) in [4.78, 5) is 0. The minimum atomic E-state index is -0.156. The quantitative estimate of drug-likeness (QED) is 0.867. The number of nitrogens with one attached hydrogen (secondary N) is 1. The molecule has 1 aliphatic rings. The first kappa shape index (κ1) is 11.9. The van der Waals surface area contributed by atoms with Gasteiger partial charge in [-0.15, -0.1) is 0 Å². The number of thioether (sulfide) groups is 1. The lowest BCUT2D eigenvalue weighted by atomic mass is 10.1. The Kier molecular flexibility index (Phi) is 4.24. The molecule has 0 saturated carbocycles. The van der Waals surface area contributed by atoms with Crippen LogP contribution in [0.2, 0.25) is 0 Å². The molecular formula is C13H18FNS. The van der Waals surface area contributed by atoms with Crippen LogP contribution < -0.4 is 5.32 Å². The standard InChI is InChI=1S/C13H18FNS/c1-10(15-13-6-7-16-9-13)8-11-2-4-12(14)5-3-11/h2-5,10,13,15H,6-9H2,1H3. The molecule has 1 heterocycles. The van der Waals surface area contributed by atoms with Crippen LogP contribution in [0, 0.1) is 5.82 Å². The molecule has 88 valence electrons. The molecule has 1 N–H and O–H groups in total. The maximum Gasteiger partial charge on any atom is 0.123 e. The Bertz CT molecular complexity index is 319. The van der Waals surface area contributed by atoms with Crippen LogP contribution in [-0.2, 0) is 6.42 Å². The third-order valence-corrected chi connectivity index (χ3v) is 4.07. The molecule has 0 amide bonds. The van der Waals surface area contributed by atoms with Gasteiger partial charge in [0, 0.05) is 17.8 Å². The topological polar surface area (TPSA) is 12.0 Å². The Morgan fingerprint density at radius 3 is 2.81 bits per heavy atom. The van der Waals surface area contributed by atoms with Crippen LogP contribution in [0.25, 0.3) is 0 Å². The minimum Gasteiger partial charge on any atom is -0.310 e. The van der Waals surface area contributed by atoms with E-state index in [1.807, 2.05) is 23.9 Å². The Hall–Kier alpha value is -0.540. The first-order valence-corrected chi connectivity index (χ1v) is 6.98. The van der Waals surface area contributed by atoms with Gasteiger partial charge in [0.25, 0.3) is 0 Å². The third kappa shape index (κ3) is 3.49. The summed E-state index contributed by atoms with van der Waals surface area (Å²) in [7, 11) is 0. The fraction of sp³-hybridized carbons (Fsp3) is 0.538. The van der Waals surface area contributed by atoms with Gasteiger partial charge in [-0.1, -0.05) is 12.1 Å². The largest absolute Gasteiger partial charge is 0.310 e. The highest BCUT2D eigenvalue weighted by Crippen LogP contribution is 2.18. The van der Waals surface area contributed by atoms with Gasteiger partial charge in [0.2, 0.25) is 0 Å². The van der Waals surface area contributed by atoms with E-state index in [2.05, 4.69) is 12.2 Å². The second-order valence-electron chi connectivity index (χ2n) is 4.46. The lowest BCUT2D eigenvalue weighted by Crippen LogP contribution is -2.37. The van der Waals surface area contributed by atoms with Crippen LogP contribution in [0.15, 0.2) is 24.3 Å². The molecule has 1 nitrogen and oxygen atoms in total.